The van der Waals surface area contributed by atoms with E-state index in [9.17, 15) is 0 Å². The van der Waals surface area contributed by atoms with Gasteiger partial charge in [0.05, 0.1) is 0 Å². The summed E-state index contributed by atoms with van der Waals surface area (Å²) < 4.78 is 5.31. The predicted molar refractivity (Wildman–Crippen MR) is 41.8 cm³/mol. The van der Waals surface area contributed by atoms with Crippen molar-refractivity contribution in [1.29, 1.82) is 0 Å². The minimum atomic E-state index is 0.756. The summed E-state index contributed by atoms with van der Waals surface area (Å²) in [5.74, 6) is 1.52. The van der Waals surface area contributed by atoms with E-state index >= 15 is 0 Å². The molecule has 0 heterocycles. The van der Waals surface area contributed by atoms with Gasteiger partial charge < -0.3 is 10.5 Å². The van der Waals surface area contributed by atoms with Crippen molar-refractivity contribution in [2.24, 2.45) is 17.6 Å². The summed E-state index contributed by atoms with van der Waals surface area (Å²) in [6.07, 6.45) is 2.64. The first-order chi connectivity index (χ1) is 4.88. The van der Waals surface area contributed by atoms with E-state index in [4.69, 9.17) is 10.5 Å². The van der Waals surface area contributed by atoms with Gasteiger partial charge >= 0.3 is 0 Å². The number of nitrogens with two attached hydrogens (primary N) is 1. The Hall–Kier alpha value is -0.0800. The van der Waals surface area contributed by atoms with Crippen molar-refractivity contribution in [2.75, 3.05) is 19.8 Å². The summed E-state index contributed by atoms with van der Waals surface area (Å²) in [7, 11) is 0. The fourth-order valence-electron chi connectivity index (χ4n) is 1.44. The third-order valence-corrected chi connectivity index (χ3v) is 2.41. The molecule has 10 heavy (non-hydrogen) atoms. The van der Waals surface area contributed by atoms with E-state index in [-0.39, 0.29) is 0 Å². The molecule has 0 amide bonds. The lowest BCUT2D eigenvalue weighted by Gasteiger charge is -2.35. The molecule has 0 aromatic carbocycles. The molecule has 0 aliphatic heterocycles. The highest BCUT2D eigenvalue weighted by molar-refractivity contribution is 4.80. The second kappa shape index (κ2) is 3.94. The van der Waals surface area contributed by atoms with Gasteiger partial charge in [-0.05, 0) is 38.1 Å². The van der Waals surface area contributed by atoms with Gasteiger partial charge in [-0.1, -0.05) is 0 Å². The van der Waals surface area contributed by atoms with Crippen LogP contribution < -0.4 is 5.73 Å². The Morgan fingerprint density at radius 2 is 2.10 bits per heavy atom. The fraction of sp³-hybridized carbons (Fsp3) is 1.00. The lowest BCUT2D eigenvalue weighted by Crippen LogP contribution is -2.35. The zero-order valence-electron chi connectivity index (χ0n) is 6.68. The molecule has 2 atom stereocenters. The summed E-state index contributed by atoms with van der Waals surface area (Å²) >= 11 is 0. The van der Waals surface area contributed by atoms with Gasteiger partial charge in [-0.25, -0.2) is 0 Å². The lowest BCUT2D eigenvalue weighted by molar-refractivity contribution is 0.0411. The van der Waals surface area contributed by atoms with Gasteiger partial charge in [0.1, 0.15) is 0 Å². The van der Waals surface area contributed by atoms with Gasteiger partial charge in [-0.2, -0.15) is 0 Å². The Bertz CT molecular complexity index is 93.3. The quantitative estimate of drug-likeness (QED) is 0.637. The molecule has 0 saturated heterocycles. The van der Waals surface area contributed by atoms with Crippen molar-refractivity contribution in [2.45, 2.75) is 19.8 Å². The Balaban J connectivity index is 2.05. The topological polar surface area (TPSA) is 35.2 Å². The van der Waals surface area contributed by atoms with Crippen molar-refractivity contribution in [3.63, 3.8) is 0 Å². The maximum Gasteiger partial charge on any atom is 0.0497 e. The van der Waals surface area contributed by atoms with Crippen molar-refractivity contribution in [3.05, 3.63) is 0 Å². The fourth-order valence-corrected chi connectivity index (χ4v) is 1.44. The maximum absolute atomic E-state index is 5.54. The molecule has 0 aromatic heterocycles. The molecular weight excluding hydrogens is 126 g/mol. The average Bonchev–Trinajstić information content (AvgIpc) is 1.88. The Labute approximate surface area is 62.7 Å². The maximum atomic E-state index is 5.54. The standard InChI is InChI=1S/C8H17NO/c1-2-10-6-8-4-3-7(8)5-9/h7-8H,2-6,9H2,1H3. The highest BCUT2D eigenvalue weighted by atomic mass is 16.5. The van der Waals surface area contributed by atoms with Crippen molar-refractivity contribution in [1.82, 2.24) is 0 Å². The SMILES string of the molecule is CCOCC1CCC1CN. The molecule has 1 aliphatic rings. The molecule has 2 nitrogen and oxygen atoms in total. The van der Waals surface area contributed by atoms with Crippen LogP contribution >= 0.6 is 0 Å². The molecule has 0 spiro atoms. The van der Waals surface area contributed by atoms with Crippen molar-refractivity contribution in [3.8, 4) is 0 Å². The number of hydrogen-bond acceptors (Lipinski definition) is 2. The highest BCUT2D eigenvalue weighted by Crippen LogP contribution is 2.33. The molecule has 2 N–H and O–H groups in total. The van der Waals surface area contributed by atoms with Crippen LogP contribution in [-0.2, 0) is 4.74 Å². The van der Waals surface area contributed by atoms with Gasteiger partial charge in [0.25, 0.3) is 0 Å². The summed E-state index contributed by atoms with van der Waals surface area (Å²) in [6, 6.07) is 0. The van der Waals surface area contributed by atoms with E-state index in [1.165, 1.54) is 12.8 Å². The largest absolute Gasteiger partial charge is 0.381 e. The van der Waals surface area contributed by atoms with Crippen LogP contribution in [0, 0.1) is 11.8 Å². The molecule has 2 heteroatoms. The van der Waals surface area contributed by atoms with Crippen LogP contribution in [0.4, 0.5) is 0 Å². The van der Waals surface area contributed by atoms with E-state index in [0.717, 1.165) is 31.6 Å². The predicted octanol–water partition coefficient (Wildman–Crippen LogP) is 1.01. The first kappa shape index (κ1) is 8.02. The van der Waals surface area contributed by atoms with Crippen LogP contribution in [0.5, 0.6) is 0 Å². The smallest absolute Gasteiger partial charge is 0.0497 e. The number of hydrogen-bond donors (Lipinski definition) is 1. The van der Waals surface area contributed by atoms with E-state index in [1.807, 2.05) is 6.92 Å². The van der Waals surface area contributed by atoms with Crippen LogP contribution in [0.25, 0.3) is 0 Å². The van der Waals surface area contributed by atoms with Crippen LogP contribution in [-0.4, -0.2) is 19.8 Å². The van der Waals surface area contributed by atoms with Crippen LogP contribution in [0.1, 0.15) is 19.8 Å². The molecule has 0 aromatic rings. The summed E-state index contributed by atoms with van der Waals surface area (Å²) in [6.45, 7) is 4.65. The van der Waals surface area contributed by atoms with Crippen LogP contribution in [0.15, 0.2) is 0 Å². The van der Waals surface area contributed by atoms with Gasteiger partial charge in [-0.15, -0.1) is 0 Å². The first-order valence-corrected chi connectivity index (χ1v) is 4.16. The number of ether oxygens (including phenoxy) is 1. The monoisotopic (exact) mass is 143 g/mol. The first-order valence-electron chi connectivity index (χ1n) is 4.16. The lowest BCUT2D eigenvalue weighted by atomic mass is 9.74. The molecule has 1 aliphatic carbocycles. The molecular formula is C8H17NO. The molecule has 1 saturated carbocycles. The van der Waals surface area contributed by atoms with Crippen LogP contribution in [0.2, 0.25) is 0 Å². The van der Waals surface area contributed by atoms with Gasteiger partial charge in [0.15, 0.2) is 0 Å². The minimum Gasteiger partial charge on any atom is -0.381 e. The molecule has 1 fully saturated rings. The normalized spacial score (nSPS) is 31.8. The third-order valence-electron chi connectivity index (χ3n) is 2.41. The van der Waals surface area contributed by atoms with Crippen LogP contribution in [0.3, 0.4) is 0 Å². The van der Waals surface area contributed by atoms with Gasteiger partial charge in [0.2, 0.25) is 0 Å². The second-order valence-corrected chi connectivity index (χ2v) is 2.99. The summed E-state index contributed by atoms with van der Waals surface area (Å²) in [5.41, 5.74) is 5.54. The molecule has 0 bridgehead atoms. The van der Waals surface area contributed by atoms with Crippen molar-refractivity contribution >= 4 is 0 Å². The summed E-state index contributed by atoms with van der Waals surface area (Å²) in [4.78, 5) is 0. The molecule has 60 valence electrons. The van der Waals surface area contributed by atoms with E-state index in [0.29, 0.717) is 0 Å². The van der Waals surface area contributed by atoms with E-state index in [2.05, 4.69) is 0 Å². The van der Waals surface area contributed by atoms with Crippen molar-refractivity contribution < 1.29 is 4.74 Å². The van der Waals surface area contributed by atoms with E-state index in [1.54, 1.807) is 0 Å². The Morgan fingerprint density at radius 3 is 2.50 bits per heavy atom. The second-order valence-electron chi connectivity index (χ2n) is 2.99. The summed E-state index contributed by atoms with van der Waals surface area (Å²) in [5, 5.41) is 0. The van der Waals surface area contributed by atoms with E-state index < -0.39 is 0 Å². The Morgan fingerprint density at radius 1 is 1.40 bits per heavy atom. The van der Waals surface area contributed by atoms with Gasteiger partial charge in [0, 0.05) is 13.2 Å². The molecule has 2 unspecified atom stereocenters. The average molecular weight is 143 g/mol. The zero-order chi connectivity index (χ0) is 7.40. The molecule has 1 rings (SSSR count). The zero-order valence-corrected chi connectivity index (χ0v) is 6.68. The third kappa shape index (κ3) is 1.70. The van der Waals surface area contributed by atoms with Gasteiger partial charge in [-0.3, -0.25) is 0 Å². The number of rotatable bonds is 4. The molecule has 0 radical (unpaired) electrons. The minimum absolute atomic E-state index is 0.756. The highest BCUT2D eigenvalue weighted by Gasteiger charge is 2.28. The Kier molecular flexibility index (Phi) is 3.16.